The number of aryl methyl sites for hydroxylation is 2. The second-order valence-electron chi connectivity index (χ2n) is 7.36. The molecule has 0 saturated carbocycles. The lowest BCUT2D eigenvalue weighted by atomic mass is 9.86. The number of rotatable bonds is 2. The van der Waals surface area contributed by atoms with E-state index in [2.05, 4.69) is 76.0 Å². The molecule has 0 radical (unpaired) electrons. The van der Waals surface area contributed by atoms with Crippen LogP contribution in [0.5, 0.6) is 0 Å². The monoisotopic (exact) mass is 305 g/mol. The lowest BCUT2D eigenvalue weighted by Crippen LogP contribution is -2.10. The van der Waals surface area contributed by atoms with Gasteiger partial charge in [-0.25, -0.2) is 0 Å². The van der Waals surface area contributed by atoms with E-state index in [1.165, 1.54) is 11.1 Å². The van der Waals surface area contributed by atoms with Crippen LogP contribution in [0.25, 0.3) is 22.2 Å². The fourth-order valence-electron chi connectivity index (χ4n) is 3.23. The van der Waals surface area contributed by atoms with Crippen molar-refractivity contribution in [2.45, 2.75) is 40.0 Å². The number of nitrogens with one attached hydrogen (secondary N) is 1. The van der Waals surface area contributed by atoms with Crippen molar-refractivity contribution < 1.29 is 4.79 Å². The summed E-state index contributed by atoms with van der Waals surface area (Å²) in [5.74, 6) is 0. The molecule has 1 N–H and O–H groups in total. The zero-order chi connectivity index (χ0) is 16.8. The Kier molecular flexibility index (Phi) is 3.63. The predicted octanol–water partition coefficient (Wildman–Crippen LogP) is 5.56. The van der Waals surface area contributed by atoms with E-state index in [0.717, 1.165) is 39.6 Å². The maximum absolute atomic E-state index is 11.7. The van der Waals surface area contributed by atoms with Gasteiger partial charge in [-0.3, -0.25) is 4.79 Å². The Bertz CT molecular complexity index is 877. The molecule has 118 valence electrons. The molecule has 2 nitrogen and oxygen atoms in total. The molecule has 2 aromatic carbocycles. The van der Waals surface area contributed by atoms with Gasteiger partial charge in [0.05, 0.1) is 5.69 Å². The number of benzene rings is 2. The smallest absolute Gasteiger partial charge is 0.152 e. The highest BCUT2D eigenvalue weighted by Crippen LogP contribution is 2.33. The number of hydrogen-bond donors (Lipinski definition) is 1. The first-order valence-electron chi connectivity index (χ1n) is 8.00. The van der Waals surface area contributed by atoms with Crippen LogP contribution in [-0.2, 0) is 5.41 Å². The number of H-pyrrole nitrogens is 1. The van der Waals surface area contributed by atoms with Crippen molar-refractivity contribution in [1.29, 1.82) is 0 Å². The van der Waals surface area contributed by atoms with Crippen molar-refractivity contribution in [3.63, 3.8) is 0 Å². The van der Waals surface area contributed by atoms with E-state index in [9.17, 15) is 4.79 Å². The molecular weight excluding hydrogens is 282 g/mol. The number of aromatic nitrogens is 1. The molecule has 0 atom stereocenters. The molecule has 0 amide bonds. The molecule has 3 aromatic rings. The van der Waals surface area contributed by atoms with Gasteiger partial charge in [0.1, 0.15) is 0 Å². The summed E-state index contributed by atoms with van der Waals surface area (Å²) in [6.45, 7) is 10.7. The summed E-state index contributed by atoms with van der Waals surface area (Å²) in [6.07, 6.45) is 0.966. The van der Waals surface area contributed by atoms with Gasteiger partial charge in [0.25, 0.3) is 0 Å². The molecule has 0 saturated heterocycles. The highest BCUT2D eigenvalue weighted by molar-refractivity contribution is 6.06. The van der Waals surface area contributed by atoms with Gasteiger partial charge in [0.15, 0.2) is 6.29 Å². The molecule has 2 heteroatoms. The van der Waals surface area contributed by atoms with E-state index < -0.39 is 0 Å². The van der Waals surface area contributed by atoms with E-state index in [-0.39, 0.29) is 5.41 Å². The minimum Gasteiger partial charge on any atom is -0.354 e. The number of hydrogen-bond acceptors (Lipinski definition) is 1. The van der Waals surface area contributed by atoms with Crippen LogP contribution in [-0.4, -0.2) is 11.3 Å². The Balaban J connectivity index is 2.20. The summed E-state index contributed by atoms with van der Waals surface area (Å²) in [5, 5.41) is 1.03. The maximum Gasteiger partial charge on any atom is 0.152 e. The minimum absolute atomic E-state index is 0.125. The van der Waals surface area contributed by atoms with E-state index >= 15 is 0 Å². The van der Waals surface area contributed by atoms with Gasteiger partial charge < -0.3 is 4.98 Å². The van der Waals surface area contributed by atoms with Crippen LogP contribution in [0.2, 0.25) is 0 Å². The molecule has 0 bridgehead atoms. The van der Waals surface area contributed by atoms with E-state index in [4.69, 9.17) is 0 Å². The van der Waals surface area contributed by atoms with E-state index in [1.807, 2.05) is 0 Å². The summed E-state index contributed by atoms with van der Waals surface area (Å²) < 4.78 is 0. The fourth-order valence-corrected chi connectivity index (χ4v) is 3.23. The van der Waals surface area contributed by atoms with Crippen molar-refractivity contribution in [2.24, 2.45) is 0 Å². The fraction of sp³-hybridized carbons (Fsp3) is 0.286. The third-order valence-corrected chi connectivity index (χ3v) is 4.44. The van der Waals surface area contributed by atoms with Gasteiger partial charge in [0, 0.05) is 16.5 Å². The van der Waals surface area contributed by atoms with Crippen LogP contribution in [0.3, 0.4) is 0 Å². The van der Waals surface area contributed by atoms with Gasteiger partial charge in [0.2, 0.25) is 0 Å². The molecule has 0 aliphatic rings. The normalized spacial score (nSPS) is 11.9. The van der Waals surface area contributed by atoms with Crippen LogP contribution < -0.4 is 0 Å². The molecule has 0 aliphatic carbocycles. The average Bonchev–Trinajstić information content (AvgIpc) is 2.85. The van der Waals surface area contributed by atoms with E-state index in [0.29, 0.717) is 0 Å². The molecule has 0 aliphatic heterocycles. The van der Waals surface area contributed by atoms with Gasteiger partial charge >= 0.3 is 0 Å². The molecule has 23 heavy (non-hydrogen) atoms. The van der Waals surface area contributed by atoms with Crippen molar-refractivity contribution in [3.05, 3.63) is 58.7 Å². The van der Waals surface area contributed by atoms with Crippen LogP contribution in [0.15, 0.2) is 36.4 Å². The summed E-state index contributed by atoms with van der Waals surface area (Å²) in [6, 6.07) is 12.7. The lowest BCUT2D eigenvalue weighted by Gasteiger charge is -2.19. The zero-order valence-electron chi connectivity index (χ0n) is 14.4. The van der Waals surface area contributed by atoms with Crippen LogP contribution >= 0.6 is 0 Å². The molecule has 0 unspecified atom stereocenters. The first-order valence-corrected chi connectivity index (χ1v) is 8.00. The van der Waals surface area contributed by atoms with Crippen molar-refractivity contribution in [3.8, 4) is 11.3 Å². The third-order valence-electron chi connectivity index (χ3n) is 4.44. The predicted molar refractivity (Wildman–Crippen MR) is 97.3 cm³/mol. The van der Waals surface area contributed by atoms with Crippen molar-refractivity contribution in [2.75, 3.05) is 0 Å². The SMILES string of the molecule is Cc1cc(C)c2c(C=O)c(-c3ccc(C(C)(C)C)cc3)[nH]c2c1. The molecule has 0 fully saturated rings. The second kappa shape index (κ2) is 5.38. The van der Waals surface area contributed by atoms with Crippen LogP contribution in [0.1, 0.15) is 47.8 Å². The third kappa shape index (κ3) is 2.70. The Labute approximate surface area is 137 Å². The Morgan fingerprint density at radius 3 is 2.22 bits per heavy atom. The number of aromatic amines is 1. The van der Waals surface area contributed by atoms with Gasteiger partial charge in [-0.2, -0.15) is 0 Å². The van der Waals surface area contributed by atoms with Gasteiger partial charge in [-0.1, -0.05) is 51.1 Å². The summed E-state index contributed by atoms with van der Waals surface area (Å²) >= 11 is 0. The zero-order valence-corrected chi connectivity index (χ0v) is 14.4. The van der Waals surface area contributed by atoms with Crippen molar-refractivity contribution in [1.82, 2.24) is 4.98 Å². The number of carbonyl (C=O) groups excluding carboxylic acids is 1. The standard InChI is InChI=1S/C21H23NO/c1-13-10-14(2)19-17(12-23)20(22-18(19)11-13)15-6-8-16(9-7-15)21(3,4)5/h6-12,22H,1-5H3. The summed E-state index contributed by atoms with van der Waals surface area (Å²) in [4.78, 5) is 15.2. The lowest BCUT2D eigenvalue weighted by molar-refractivity contribution is 0.112. The van der Waals surface area contributed by atoms with Gasteiger partial charge in [-0.05, 0) is 47.6 Å². The maximum atomic E-state index is 11.7. The van der Waals surface area contributed by atoms with E-state index in [1.54, 1.807) is 0 Å². The second-order valence-corrected chi connectivity index (χ2v) is 7.36. The average molecular weight is 305 g/mol. The first-order chi connectivity index (χ1) is 10.8. The first kappa shape index (κ1) is 15.5. The molecule has 3 rings (SSSR count). The molecular formula is C21H23NO. The number of fused-ring (bicyclic) bond motifs is 1. The highest BCUT2D eigenvalue weighted by atomic mass is 16.1. The summed E-state index contributed by atoms with van der Waals surface area (Å²) in [7, 11) is 0. The molecule has 1 heterocycles. The quantitative estimate of drug-likeness (QED) is 0.617. The molecule has 0 spiro atoms. The number of carbonyl (C=O) groups is 1. The topological polar surface area (TPSA) is 32.9 Å². The minimum atomic E-state index is 0.125. The largest absolute Gasteiger partial charge is 0.354 e. The van der Waals surface area contributed by atoms with Gasteiger partial charge in [-0.15, -0.1) is 0 Å². The van der Waals surface area contributed by atoms with Crippen LogP contribution in [0, 0.1) is 13.8 Å². The summed E-state index contributed by atoms with van der Waals surface area (Å²) in [5.41, 5.74) is 7.48. The molecule has 1 aromatic heterocycles. The Morgan fingerprint density at radius 2 is 1.65 bits per heavy atom. The Hall–Kier alpha value is -2.35. The highest BCUT2D eigenvalue weighted by Gasteiger charge is 2.17. The van der Waals surface area contributed by atoms with Crippen LogP contribution in [0.4, 0.5) is 0 Å². The Morgan fingerprint density at radius 1 is 1.00 bits per heavy atom. The van der Waals surface area contributed by atoms with Crippen molar-refractivity contribution >= 4 is 17.2 Å². The number of aldehydes is 1.